The van der Waals surface area contributed by atoms with Crippen LogP contribution in [0.25, 0.3) is 0 Å². The zero-order valence-corrected chi connectivity index (χ0v) is 29.8. The number of ether oxygens (including phenoxy) is 2. The molecule has 3 heterocycles. The molecule has 10 nitrogen and oxygen atoms in total. The van der Waals surface area contributed by atoms with E-state index in [1.807, 2.05) is 0 Å². The van der Waals surface area contributed by atoms with Crippen molar-refractivity contribution >= 4 is 27.0 Å². The summed E-state index contributed by atoms with van der Waals surface area (Å²) < 4.78 is 76.6. The summed E-state index contributed by atoms with van der Waals surface area (Å²) in [5.74, 6) is -0.759. The molecule has 244 valence electrons. The lowest BCUT2D eigenvalue weighted by atomic mass is 10.1. The van der Waals surface area contributed by atoms with Crippen molar-refractivity contribution in [2.24, 2.45) is 0 Å². The van der Waals surface area contributed by atoms with Crippen molar-refractivity contribution in [3.63, 3.8) is 0 Å². The van der Waals surface area contributed by atoms with Gasteiger partial charge >= 0.3 is 22.8 Å². The van der Waals surface area contributed by atoms with Gasteiger partial charge in [0.15, 0.2) is 6.23 Å². The molecule has 3 atom stereocenters. The average Bonchev–Trinajstić information content (AvgIpc) is 3.23. The summed E-state index contributed by atoms with van der Waals surface area (Å²) in [6, 6.07) is 6.66. The van der Waals surface area contributed by atoms with Crippen molar-refractivity contribution in [3.05, 3.63) is 63.8 Å². The normalized spacial score (nSPS) is 24.6. The van der Waals surface area contributed by atoms with Crippen LogP contribution in [-0.4, -0.2) is 60.5 Å². The molecule has 0 amide bonds. The first kappa shape index (κ1) is 34.7. The second-order valence-corrected chi connectivity index (χ2v) is 23.1. The molecule has 0 saturated carbocycles. The highest BCUT2D eigenvalue weighted by molar-refractivity contribution is 7.94. The lowest BCUT2D eigenvalue weighted by molar-refractivity contribution is -0.0562. The summed E-state index contributed by atoms with van der Waals surface area (Å²) in [4.78, 5) is 16.8. The molecule has 1 aromatic heterocycles. The van der Waals surface area contributed by atoms with E-state index in [1.54, 1.807) is 6.92 Å². The van der Waals surface area contributed by atoms with Gasteiger partial charge in [-0.05, 0) is 41.2 Å². The van der Waals surface area contributed by atoms with Gasteiger partial charge in [0, 0.05) is 23.2 Å². The van der Waals surface area contributed by atoms with Gasteiger partial charge in [0.2, 0.25) is 15.7 Å². The van der Waals surface area contributed by atoms with Crippen LogP contribution < -0.4 is 10.4 Å². The molecule has 0 spiro atoms. The van der Waals surface area contributed by atoms with E-state index in [0.29, 0.717) is 6.61 Å². The lowest BCUT2D eigenvalue weighted by Crippen LogP contribution is -2.65. The van der Waals surface area contributed by atoms with Crippen molar-refractivity contribution in [1.29, 1.82) is 0 Å². The Balaban J connectivity index is 1.96. The summed E-state index contributed by atoms with van der Waals surface area (Å²) in [6.07, 6.45) is -1.51. The molecule has 2 fully saturated rings. The Morgan fingerprint density at radius 1 is 1.02 bits per heavy atom. The van der Waals surface area contributed by atoms with E-state index in [1.165, 1.54) is 35.0 Å². The van der Waals surface area contributed by atoms with E-state index in [4.69, 9.17) is 22.4 Å². The molecule has 2 aliphatic heterocycles. The molecule has 1 unspecified atom stereocenters. The van der Waals surface area contributed by atoms with E-state index in [-0.39, 0.29) is 40.2 Å². The SMILES string of the molecule is CCOc1ccn(C2O[C@@H]3CO[Si](C(C)C)(C(C)C)O[Si](C(C)C)(C(C)C)O[C@H]3/C2=C/S(=O)(=O)c2ccccc2F)c(=O)n1. The Morgan fingerprint density at radius 3 is 2.18 bits per heavy atom. The highest BCUT2D eigenvalue weighted by Crippen LogP contribution is 2.49. The zero-order valence-electron chi connectivity index (χ0n) is 26.9. The number of hydrogen-bond acceptors (Lipinski definition) is 9. The lowest BCUT2D eigenvalue weighted by Gasteiger charge is -2.51. The summed E-state index contributed by atoms with van der Waals surface area (Å²) in [7, 11) is -10.5. The van der Waals surface area contributed by atoms with Gasteiger partial charge in [0.05, 0.1) is 13.2 Å². The minimum atomic E-state index is -4.36. The van der Waals surface area contributed by atoms with Crippen molar-refractivity contribution in [1.82, 2.24) is 9.55 Å². The average molecular weight is 669 g/mol. The fraction of sp³-hybridized carbons (Fsp3) is 0.600. The summed E-state index contributed by atoms with van der Waals surface area (Å²) in [5, 5.41) is 0.973. The minimum Gasteiger partial charge on any atom is -0.478 e. The van der Waals surface area contributed by atoms with Gasteiger partial charge in [-0.2, -0.15) is 4.98 Å². The van der Waals surface area contributed by atoms with Gasteiger partial charge in [0.25, 0.3) is 0 Å². The number of halogens is 1. The highest BCUT2D eigenvalue weighted by Gasteiger charge is 2.61. The molecule has 0 radical (unpaired) electrons. The van der Waals surface area contributed by atoms with Gasteiger partial charge in [-0.3, -0.25) is 4.57 Å². The first-order valence-corrected chi connectivity index (χ1v) is 20.7. The van der Waals surface area contributed by atoms with Crippen LogP contribution in [0.15, 0.2) is 57.2 Å². The third-order valence-corrected chi connectivity index (χ3v) is 20.1. The van der Waals surface area contributed by atoms with Gasteiger partial charge in [-0.15, -0.1) is 0 Å². The van der Waals surface area contributed by atoms with E-state index >= 15 is 0 Å². The first-order valence-electron chi connectivity index (χ1n) is 15.2. The summed E-state index contributed by atoms with van der Waals surface area (Å²) in [5.41, 5.74) is -0.497. The van der Waals surface area contributed by atoms with Crippen LogP contribution in [-0.2, 0) is 27.5 Å². The fourth-order valence-electron chi connectivity index (χ4n) is 6.14. The second kappa shape index (κ2) is 13.3. The number of rotatable bonds is 9. The van der Waals surface area contributed by atoms with E-state index in [2.05, 4.69) is 60.4 Å². The molecule has 2 aromatic rings. The van der Waals surface area contributed by atoms with Crippen molar-refractivity contribution in [3.8, 4) is 5.88 Å². The molecular formula is C30H45FN2O8SSi2. The van der Waals surface area contributed by atoms with Crippen LogP contribution in [0.5, 0.6) is 5.88 Å². The first-order chi connectivity index (χ1) is 20.6. The largest absolute Gasteiger partial charge is 0.478 e. The molecular weight excluding hydrogens is 624 g/mol. The van der Waals surface area contributed by atoms with Crippen molar-refractivity contribution in [2.75, 3.05) is 13.2 Å². The predicted molar refractivity (Wildman–Crippen MR) is 169 cm³/mol. The van der Waals surface area contributed by atoms with Crippen LogP contribution in [0.3, 0.4) is 0 Å². The van der Waals surface area contributed by atoms with Crippen molar-refractivity contribution in [2.45, 2.75) is 108 Å². The number of nitrogens with zero attached hydrogens (tertiary/aromatic N) is 2. The predicted octanol–water partition coefficient (Wildman–Crippen LogP) is 5.99. The van der Waals surface area contributed by atoms with Crippen molar-refractivity contribution < 1.29 is 35.2 Å². The molecule has 2 aliphatic rings. The Labute approximate surface area is 262 Å². The molecule has 2 saturated heterocycles. The van der Waals surface area contributed by atoms with Crippen LogP contribution in [0.4, 0.5) is 4.39 Å². The van der Waals surface area contributed by atoms with Crippen LogP contribution in [0.1, 0.15) is 68.5 Å². The Hall–Kier alpha value is -2.21. The molecule has 0 N–H and O–H groups in total. The summed E-state index contributed by atoms with van der Waals surface area (Å²) >= 11 is 0. The number of fused-ring (bicyclic) bond motifs is 1. The van der Waals surface area contributed by atoms with E-state index < -0.39 is 61.8 Å². The monoisotopic (exact) mass is 668 g/mol. The number of hydrogen-bond donors (Lipinski definition) is 0. The highest BCUT2D eigenvalue weighted by atomic mass is 32.2. The maximum absolute atomic E-state index is 14.8. The van der Waals surface area contributed by atoms with Crippen LogP contribution in [0.2, 0.25) is 22.2 Å². The minimum absolute atomic E-state index is 0.0486. The third kappa shape index (κ3) is 6.39. The number of sulfone groups is 1. The Morgan fingerprint density at radius 2 is 1.64 bits per heavy atom. The molecule has 1 aromatic carbocycles. The van der Waals surface area contributed by atoms with Crippen LogP contribution >= 0.6 is 0 Å². The van der Waals surface area contributed by atoms with Gasteiger partial charge in [0.1, 0.15) is 22.9 Å². The standard InChI is InChI=1S/C30H45FN2O8SSi2/c1-10-37-27-15-16-33(30(34)32-27)29-23(18-42(35,36)26-14-12-11-13-24(26)31)28-25(39-29)17-38-43(19(2)3,20(4)5)41-44(40-28,21(6)7)22(8)9/h11-16,18-22,25,28-29H,10,17H2,1-9H3/b23-18-/t25-,28+,29?/m1/s1. The van der Waals surface area contributed by atoms with Gasteiger partial charge in [-0.1, -0.05) is 67.5 Å². The molecule has 0 aliphatic carbocycles. The van der Waals surface area contributed by atoms with Crippen LogP contribution in [0, 0.1) is 5.82 Å². The Bertz CT molecular complexity index is 1510. The summed E-state index contributed by atoms with van der Waals surface area (Å²) in [6.45, 7) is 18.7. The topological polar surface area (TPSA) is 115 Å². The number of benzene rings is 1. The van der Waals surface area contributed by atoms with E-state index in [9.17, 15) is 17.6 Å². The maximum atomic E-state index is 14.8. The number of aromatic nitrogens is 2. The Kier molecular flexibility index (Phi) is 10.4. The molecule has 0 bridgehead atoms. The second-order valence-electron chi connectivity index (χ2n) is 12.5. The molecule has 4 rings (SSSR count). The maximum Gasteiger partial charge on any atom is 0.353 e. The van der Waals surface area contributed by atoms with Gasteiger partial charge in [-0.25, -0.2) is 17.6 Å². The zero-order chi connectivity index (χ0) is 32.6. The smallest absolute Gasteiger partial charge is 0.353 e. The fourth-order valence-corrected chi connectivity index (χ4v) is 18.7. The quantitative estimate of drug-likeness (QED) is 0.297. The molecule has 14 heteroatoms. The van der Waals surface area contributed by atoms with E-state index in [0.717, 1.165) is 11.5 Å². The third-order valence-electron chi connectivity index (χ3n) is 8.36. The van der Waals surface area contributed by atoms with Gasteiger partial charge < -0.3 is 22.4 Å². The molecule has 44 heavy (non-hydrogen) atoms.